The second kappa shape index (κ2) is 5.45. The summed E-state index contributed by atoms with van der Waals surface area (Å²) in [6.45, 7) is 1.25. The van der Waals surface area contributed by atoms with Crippen LogP contribution in [-0.2, 0) is 16.6 Å². The van der Waals surface area contributed by atoms with Crippen LogP contribution in [-0.4, -0.2) is 63.8 Å². The minimum atomic E-state index is -0.141. The van der Waals surface area contributed by atoms with E-state index in [0.29, 0.717) is 13.1 Å². The number of carbonyl (C=O) groups is 2. The number of carbonyl (C=O) groups excluding carboxylic acids is 2. The summed E-state index contributed by atoms with van der Waals surface area (Å²) in [6, 6.07) is -0.141. The zero-order valence-corrected chi connectivity index (χ0v) is 12.1. The lowest BCUT2D eigenvalue weighted by Gasteiger charge is -2.34. The number of hydrogen-bond acceptors (Lipinski definition) is 5. The number of hydrogen-bond donors (Lipinski definition) is 1. The first-order chi connectivity index (χ1) is 9.65. The average molecular weight is 295 g/mol. The van der Waals surface area contributed by atoms with Gasteiger partial charge in [0, 0.05) is 38.0 Å². The molecule has 2 fully saturated rings. The summed E-state index contributed by atoms with van der Waals surface area (Å²) in [5, 5.41) is 7.22. The molecule has 3 heterocycles. The highest BCUT2D eigenvalue weighted by molar-refractivity contribution is 7.99. The molecule has 20 heavy (non-hydrogen) atoms. The smallest absolute Gasteiger partial charge is 0.246 e. The summed E-state index contributed by atoms with van der Waals surface area (Å²) in [6.07, 6.45) is 3.48. The average Bonchev–Trinajstić information content (AvgIpc) is 3.09. The summed E-state index contributed by atoms with van der Waals surface area (Å²) < 4.78 is 1.67. The fraction of sp³-hybridized carbons (Fsp3) is 0.583. The highest BCUT2D eigenvalue weighted by Gasteiger charge is 2.33. The van der Waals surface area contributed by atoms with E-state index in [1.54, 1.807) is 32.4 Å². The lowest BCUT2D eigenvalue weighted by molar-refractivity contribution is -0.137. The fourth-order valence-corrected chi connectivity index (χ4v) is 3.39. The van der Waals surface area contributed by atoms with Gasteiger partial charge in [0.1, 0.15) is 6.54 Å². The highest BCUT2D eigenvalue weighted by Crippen LogP contribution is 2.18. The van der Waals surface area contributed by atoms with Crippen molar-refractivity contribution in [2.45, 2.75) is 6.04 Å². The zero-order chi connectivity index (χ0) is 14.1. The van der Waals surface area contributed by atoms with Crippen LogP contribution in [0.25, 0.3) is 0 Å². The monoisotopic (exact) mass is 295 g/mol. The maximum absolute atomic E-state index is 12.3. The van der Waals surface area contributed by atoms with Crippen LogP contribution in [0.15, 0.2) is 12.4 Å². The number of thioether (sulfide) groups is 1. The van der Waals surface area contributed by atoms with Crippen molar-refractivity contribution in [3.05, 3.63) is 12.4 Å². The van der Waals surface area contributed by atoms with E-state index < -0.39 is 0 Å². The van der Waals surface area contributed by atoms with Gasteiger partial charge >= 0.3 is 0 Å². The molecule has 1 aromatic rings. The van der Waals surface area contributed by atoms with Gasteiger partial charge in [-0.15, -0.1) is 11.8 Å². The maximum Gasteiger partial charge on any atom is 0.246 e. The second-order valence-electron chi connectivity index (χ2n) is 4.95. The number of anilines is 1. The summed E-state index contributed by atoms with van der Waals surface area (Å²) >= 11 is 1.71. The van der Waals surface area contributed by atoms with Crippen LogP contribution < -0.4 is 10.2 Å². The van der Waals surface area contributed by atoms with Gasteiger partial charge in [-0.2, -0.15) is 5.10 Å². The molecule has 7 nitrogen and oxygen atoms in total. The van der Waals surface area contributed by atoms with Crippen LogP contribution in [0, 0.1) is 0 Å². The quantitative estimate of drug-likeness (QED) is 0.778. The van der Waals surface area contributed by atoms with Crippen LogP contribution >= 0.6 is 11.8 Å². The predicted octanol–water partition coefficient (Wildman–Crippen LogP) is -0.742. The van der Waals surface area contributed by atoms with E-state index in [0.717, 1.165) is 17.3 Å². The number of amides is 2. The van der Waals surface area contributed by atoms with Crippen LogP contribution in [0.1, 0.15) is 0 Å². The van der Waals surface area contributed by atoms with E-state index in [-0.39, 0.29) is 24.4 Å². The van der Waals surface area contributed by atoms with E-state index in [4.69, 9.17) is 0 Å². The molecule has 1 N–H and O–H groups in total. The molecule has 2 aliphatic rings. The Hall–Kier alpha value is -1.54. The molecule has 8 heteroatoms. The van der Waals surface area contributed by atoms with Gasteiger partial charge in [0.2, 0.25) is 11.8 Å². The molecule has 0 aliphatic carbocycles. The molecule has 0 saturated carbocycles. The first-order valence-corrected chi connectivity index (χ1v) is 7.69. The summed E-state index contributed by atoms with van der Waals surface area (Å²) in [7, 11) is 1.82. The van der Waals surface area contributed by atoms with Crippen molar-refractivity contribution in [2.24, 2.45) is 7.05 Å². The number of aryl methyl sites for hydroxylation is 1. The molecule has 1 atom stereocenters. The molecule has 0 spiro atoms. The molecule has 2 saturated heterocycles. The van der Waals surface area contributed by atoms with Crippen LogP contribution in [0.2, 0.25) is 0 Å². The Balaban J connectivity index is 1.64. The third-order valence-corrected chi connectivity index (χ3v) is 4.49. The summed E-state index contributed by atoms with van der Waals surface area (Å²) in [4.78, 5) is 27.8. The maximum atomic E-state index is 12.3. The van der Waals surface area contributed by atoms with Gasteiger partial charge < -0.3 is 9.80 Å². The van der Waals surface area contributed by atoms with Gasteiger partial charge in [-0.3, -0.25) is 19.6 Å². The number of nitrogens with one attached hydrogen (secondary N) is 1. The SMILES string of the molecule is Cn1cc(N2CCN(C(=O)[C@H]3CSCN3)CC2=O)cn1. The molecule has 2 amide bonds. The largest absolute Gasteiger partial charge is 0.330 e. The Morgan fingerprint density at radius 1 is 1.50 bits per heavy atom. The minimum absolute atomic E-state index is 0.0363. The van der Waals surface area contributed by atoms with Crippen molar-refractivity contribution in [2.75, 3.05) is 36.2 Å². The molecule has 0 aromatic carbocycles. The standard InChI is InChI=1S/C12H17N5O2S/c1-15-5-9(4-14-15)17-3-2-16(6-11(17)18)12(19)10-7-20-8-13-10/h4-5,10,13H,2-3,6-8H2,1H3/t10-/m1/s1. The lowest BCUT2D eigenvalue weighted by atomic mass is 10.2. The number of aromatic nitrogens is 2. The van der Waals surface area contributed by atoms with Crippen molar-refractivity contribution < 1.29 is 9.59 Å². The second-order valence-corrected chi connectivity index (χ2v) is 5.98. The van der Waals surface area contributed by atoms with Gasteiger partial charge in [-0.05, 0) is 0 Å². The Kier molecular flexibility index (Phi) is 3.66. The Labute approximate surface area is 121 Å². The van der Waals surface area contributed by atoms with E-state index >= 15 is 0 Å². The van der Waals surface area contributed by atoms with Gasteiger partial charge in [0.15, 0.2) is 0 Å². The third-order valence-electron chi connectivity index (χ3n) is 3.55. The Bertz CT molecular complexity index is 526. The zero-order valence-electron chi connectivity index (χ0n) is 11.3. The van der Waals surface area contributed by atoms with Gasteiger partial charge in [-0.25, -0.2) is 0 Å². The Morgan fingerprint density at radius 3 is 2.95 bits per heavy atom. The molecule has 0 bridgehead atoms. The molecule has 2 aliphatic heterocycles. The Morgan fingerprint density at radius 2 is 2.35 bits per heavy atom. The lowest BCUT2D eigenvalue weighted by Crippen LogP contribution is -2.56. The molecule has 0 unspecified atom stereocenters. The molecule has 1 aromatic heterocycles. The van der Waals surface area contributed by atoms with E-state index in [1.807, 2.05) is 13.2 Å². The molecule has 0 radical (unpaired) electrons. The van der Waals surface area contributed by atoms with Crippen molar-refractivity contribution in [1.82, 2.24) is 20.0 Å². The van der Waals surface area contributed by atoms with Crippen molar-refractivity contribution in [3.8, 4) is 0 Å². The van der Waals surface area contributed by atoms with Crippen LogP contribution in [0.3, 0.4) is 0 Å². The first kappa shape index (κ1) is 13.4. The van der Waals surface area contributed by atoms with E-state index in [1.165, 1.54) is 0 Å². The van der Waals surface area contributed by atoms with Crippen molar-refractivity contribution in [3.63, 3.8) is 0 Å². The summed E-state index contributed by atoms with van der Waals surface area (Å²) in [5.74, 6) is 1.58. The van der Waals surface area contributed by atoms with E-state index in [2.05, 4.69) is 10.4 Å². The minimum Gasteiger partial charge on any atom is -0.330 e. The van der Waals surface area contributed by atoms with Crippen molar-refractivity contribution in [1.29, 1.82) is 0 Å². The predicted molar refractivity (Wildman–Crippen MR) is 76.4 cm³/mol. The van der Waals surface area contributed by atoms with Crippen LogP contribution in [0.5, 0.6) is 0 Å². The first-order valence-electron chi connectivity index (χ1n) is 6.54. The number of piperazine rings is 1. The number of nitrogens with zero attached hydrogens (tertiary/aromatic N) is 4. The van der Waals surface area contributed by atoms with Gasteiger partial charge in [0.25, 0.3) is 0 Å². The fourth-order valence-electron chi connectivity index (χ4n) is 2.46. The van der Waals surface area contributed by atoms with Gasteiger partial charge in [0.05, 0.1) is 17.9 Å². The molecular formula is C12H17N5O2S. The molecule has 108 valence electrons. The van der Waals surface area contributed by atoms with E-state index in [9.17, 15) is 9.59 Å². The normalized spacial score (nSPS) is 23.4. The highest BCUT2D eigenvalue weighted by atomic mass is 32.2. The molecule has 3 rings (SSSR count). The third kappa shape index (κ3) is 2.53. The van der Waals surface area contributed by atoms with Crippen molar-refractivity contribution >= 4 is 29.3 Å². The molecular weight excluding hydrogens is 278 g/mol. The topological polar surface area (TPSA) is 70.5 Å². The van der Waals surface area contributed by atoms with Gasteiger partial charge in [-0.1, -0.05) is 0 Å². The number of rotatable bonds is 2. The van der Waals surface area contributed by atoms with Crippen LogP contribution in [0.4, 0.5) is 5.69 Å². The summed E-state index contributed by atoms with van der Waals surface area (Å²) in [5.41, 5.74) is 0.791.